The van der Waals surface area contributed by atoms with E-state index in [-0.39, 0.29) is 6.42 Å². The normalized spacial score (nSPS) is 15.4. The average Bonchev–Trinajstić information content (AvgIpc) is 2.44. The van der Waals surface area contributed by atoms with Gasteiger partial charge in [-0.1, -0.05) is 13.8 Å². The molecule has 0 aliphatic rings. The van der Waals surface area contributed by atoms with Gasteiger partial charge in [0.15, 0.2) is 5.60 Å². The van der Waals surface area contributed by atoms with Gasteiger partial charge in [-0.15, -0.1) is 0 Å². The van der Waals surface area contributed by atoms with Gasteiger partial charge in [0.25, 0.3) is 0 Å². The van der Waals surface area contributed by atoms with E-state index in [2.05, 4.69) is 0 Å². The monoisotopic (exact) mass is 268 g/mol. The van der Waals surface area contributed by atoms with Crippen LogP contribution in [0.25, 0.3) is 0 Å². The Kier molecular flexibility index (Phi) is 4.78. The molecule has 0 amide bonds. The van der Waals surface area contributed by atoms with Crippen molar-refractivity contribution in [2.24, 2.45) is 0 Å². The standard InChI is InChI=1S/C14H20O5/c1-5-14(17,13(15)16)9(2)11-8-10(18-3)6-7-12(11)19-4/h6-9,17H,5H2,1-4H3,(H,15,16). The molecule has 1 aromatic rings. The van der Waals surface area contributed by atoms with E-state index in [0.717, 1.165) is 0 Å². The summed E-state index contributed by atoms with van der Waals surface area (Å²) in [6.07, 6.45) is 0.101. The Morgan fingerprint density at radius 3 is 2.42 bits per heavy atom. The lowest BCUT2D eigenvalue weighted by atomic mass is 9.81. The summed E-state index contributed by atoms with van der Waals surface area (Å²) >= 11 is 0. The Labute approximate surface area is 112 Å². The number of aliphatic hydroxyl groups is 1. The lowest BCUT2D eigenvalue weighted by Gasteiger charge is -2.30. The number of ether oxygens (including phenoxy) is 2. The van der Waals surface area contributed by atoms with Crippen molar-refractivity contribution in [2.75, 3.05) is 14.2 Å². The third-order valence-electron chi connectivity index (χ3n) is 3.53. The van der Waals surface area contributed by atoms with Crippen LogP contribution in [0.4, 0.5) is 0 Å². The van der Waals surface area contributed by atoms with Crippen LogP contribution in [-0.2, 0) is 4.79 Å². The minimum atomic E-state index is -1.83. The van der Waals surface area contributed by atoms with Crippen molar-refractivity contribution in [3.63, 3.8) is 0 Å². The van der Waals surface area contributed by atoms with Crippen LogP contribution in [0, 0.1) is 0 Å². The lowest BCUT2D eigenvalue weighted by Crippen LogP contribution is -2.43. The zero-order valence-electron chi connectivity index (χ0n) is 11.6. The molecule has 106 valence electrons. The molecule has 19 heavy (non-hydrogen) atoms. The second kappa shape index (κ2) is 5.93. The quantitative estimate of drug-likeness (QED) is 0.825. The first-order valence-electron chi connectivity index (χ1n) is 6.08. The zero-order valence-corrected chi connectivity index (χ0v) is 11.6. The third kappa shape index (κ3) is 2.81. The van der Waals surface area contributed by atoms with E-state index in [9.17, 15) is 15.0 Å². The Morgan fingerprint density at radius 1 is 1.37 bits per heavy atom. The Morgan fingerprint density at radius 2 is 2.00 bits per heavy atom. The SMILES string of the molecule is CCC(O)(C(=O)O)C(C)c1cc(OC)ccc1OC. The van der Waals surface area contributed by atoms with Crippen LogP contribution in [0.3, 0.4) is 0 Å². The lowest BCUT2D eigenvalue weighted by molar-refractivity contribution is -0.161. The number of carboxylic acids is 1. The molecule has 5 heteroatoms. The van der Waals surface area contributed by atoms with E-state index >= 15 is 0 Å². The fourth-order valence-corrected chi connectivity index (χ4v) is 2.08. The minimum Gasteiger partial charge on any atom is -0.497 e. The van der Waals surface area contributed by atoms with Gasteiger partial charge in [0.2, 0.25) is 0 Å². The van der Waals surface area contributed by atoms with Gasteiger partial charge in [0.05, 0.1) is 14.2 Å². The van der Waals surface area contributed by atoms with Gasteiger partial charge in [-0.25, -0.2) is 4.79 Å². The largest absolute Gasteiger partial charge is 0.497 e. The summed E-state index contributed by atoms with van der Waals surface area (Å²) in [4.78, 5) is 11.3. The van der Waals surface area contributed by atoms with Gasteiger partial charge in [0, 0.05) is 11.5 Å². The van der Waals surface area contributed by atoms with Crippen molar-refractivity contribution in [3.8, 4) is 11.5 Å². The van der Waals surface area contributed by atoms with Gasteiger partial charge in [-0.3, -0.25) is 0 Å². The summed E-state index contributed by atoms with van der Waals surface area (Å²) in [5.74, 6) is -0.750. The maximum Gasteiger partial charge on any atom is 0.336 e. The van der Waals surface area contributed by atoms with Gasteiger partial charge in [-0.2, -0.15) is 0 Å². The van der Waals surface area contributed by atoms with Crippen molar-refractivity contribution in [1.29, 1.82) is 0 Å². The van der Waals surface area contributed by atoms with Crippen LogP contribution in [0.2, 0.25) is 0 Å². The molecule has 0 bridgehead atoms. The number of aliphatic carboxylic acids is 1. The summed E-state index contributed by atoms with van der Waals surface area (Å²) < 4.78 is 10.4. The summed E-state index contributed by atoms with van der Waals surface area (Å²) in [6, 6.07) is 5.11. The highest BCUT2D eigenvalue weighted by Gasteiger charge is 2.42. The number of hydrogen-bond donors (Lipinski definition) is 2. The minimum absolute atomic E-state index is 0.101. The Balaban J connectivity index is 3.30. The van der Waals surface area contributed by atoms with E-state index < -0.39 is 17.5 Å². The van der Waals surface area contributed by atoms with Crippen molar-refractivity contribution in [3.05, 3.63) is 23.8 Å². The molecule has 0 heterocycles. The number of methoxy groups -OCH3 is 2. The zero-order chi connectivity index (χ0) is 14.6. The smallest absolute Gasteiger partial charge is 0.336 e. The first-order valence-corrected chi connectivity index (χ1v) is 6.08. The molecule has 0 radical (unpaired) electrons. The number of hydrogen-bond acceptors (Lipinski definition) is 4. The van der Waals surface area contributed by atoms with Crippen molar-refractivity contribution in [2.45, 2.75) is 31.8 Å². The Bertz CT molecular complexity index is 457. The molecule has 1 rings (SSSR count). The van der Waals surface area contributed by atoms with Crippen LogP contribution < -0.4 is 9.47 Å². The first-order chi connectivity index (χ1) is 8.90. The summed E-state index contributed by atoms with van der Waals surface area (Å²) in [7, 11) is 3.03. The summed E-state index contributed by atoms with van der Waals surface area (Å²) in [6.45, 7) is 3.30. The van der Waals surface area contributed by atoms with Gasteiger partial charge < -0.3 is 19.7 Å². The molecule has 1 aromatic carbocycles. The van der Waals surface area contributed by atoms with Crippen LogP contribution in [0.1, 0.15) is 31.7 Å². The number of carbonyl (C=O) groups is 1. The predicted molar refractivity (Wildman–Crippen MR) is 70.8 cm³/mol. The number of rotatable bonds is 6. The number of benzene rings is 1. The second-order valence-corrected chi connectivity index (χ2v) is 4.41. The molecular weight excluding hydrogens is 248 g/mol. The third-order valence-corrected chi connectivity index (χ3v) is 3.53. The molecule has 2 unspecified atom stereocenters. The van der Waals surface area contributed by atoms with Crippen LogP contribution in [0.15, 0.2) is 18.2 Å². The van der Waals surface area contributed by atoms with Crippen LogP contribution >= 0.6 is 0 Å². The van der Waals surface area contributed by atoms with E-state index in [1.54, 1.807) is 32.0 Å². The van der Waals surface area contributed by atoms with Crippen molar-refractivity contribution >= 4 is 5.97 Å². The van der Waals surface area contributed by atoms with Crippen LogP contribution in [-0.4, -0.2) is 36.0 Å². The maximum absolute atomic E-state index is 11.3. The average molecular weight is 268 g/mol. The maximum atomic E-state index is 11.3. The molecule has 5 nitrogen and oxygen atoms in total. The number of carboxylic acid groups (broad SMARTS) is 1. The predicted octanol–water partition coefficient (Wildman–Crippen LogP) is 2.03. The fraction of sp³-hybridized carbons (Fsp3) is 0.500. The molecule has 0 spiro atoms. The molecule has 2 atom stereocenters. The topological polar surface area (TPSA) is 76.0 Å². The highest BCUT2D eigenvalue weighted by molar-refractivity contribution is 5.79. The molecule has 0 fully saturated rings. The van der Waals surface area contributed by atoms with Crippen molar-refractivity contribution in [1.82, 2.24) is 0 Å². The van der Waals surface area contributed by atoms with Gasteiger partial charge in [-0.05, 0) is 24.6 Å². The molecule has 0 aliphatic carbocycles. The van der Waals surface area contributed by atoms with E-state index in [0.29, 0.717) is 17.1 Å². The second-order valence-electron chi connectivity index (χ2n) is 4.41. The molecule has 0 aliphatic heterocycles. The molecule has 0 aromatic heterocycles. The van der Waals surface area contributed by atoms with E-state index in [1.807, 2.05) is 0 Å². The first kappa shape index (κ1) is 15.3. The highest BCUT2D eigenvalue weighted by atomic mass is 16.5. The molecule has 0 saturated carbocycles. The van der Waals surface area contributed by atoms with E-state index in [4.69, 9.17) is 9.47 Å². The molecule has 2 N–H and O–H groups in total. The fourth-order valence-electron chi connectivity index (χ4n) is 2.08. The van der Waals surface area contributed by atoms with Gasteiger partial charge >= 0.3 is 5.97 Å². The Hall–Kier alpha value is -1.75. The highest BCUT2D eigenvalue weighted by Crippen LogP contribution is 2.38. The molecular formula is C14H20O5. The summed E-state index contributed by atoms with van der Waals surface area (Å²) in [5.41, 5.74) is -1.23. The van der Waals surface area contributed by atoms with Crippen LogP contribution in [0.5, 0.6) is 11.5 Å². The van der Waals surface area contributed by atoms with Gasteiger partial charge in [0.1, 0.15) is 11.5 Å². The van der Waals surface area contributed by atoms with Crippen molar-refractivity contribution < 1.29 is 24.5 Å². The summed E-state index contributed by atoms with van der Waals surface area (Å²) in [5, 5.41) is 19.5. The molecule has 0 saturated heterocycles. The van der Waals surface area contributed by atoms with E-state index in [1.165, 1.54) is 14.2 Å².